The predicted molar refractivity (Wildman–Crippen MR) is 280 cm³/mol. The summed E-state index contributed by atoms with van der Waals surface area (Å²) >= 11 is 0. The molecule has 10 aromatic carbocycles. The van der Waals surface area contributed by atoms with E-state index in [-0.39, 0.29) is 0 Å². The van der Waals surface area contributed by atoms with Crippen molar-refractivity contribution < 1.29 is 0 Å². The number of aromatic nitrogens is 1. The van der Waals surface area contributed by atoms with Crippen molar-refractivity contribution in [2.24, 2.45) is 0 Å². The van der Waals surface area contributed by atoms with Crippen molar-refractivity contribution in [3.8, 4) is 16.8 Å². The lowest BCUT2D eigenvalue weighted by molar-refractivity contribution is 0.721. The van der Waals surface area contributed by atoms with Crippen molar-refractivity contribution in [2.75, 3.05) is 10.2 Å². The Morgan fingerprint density at radius 1 is 0.364 bits per heavy atom. The zero-order valence-electron chi connectivity index (χ0n) is 36.2. The van der Waals surface area contributed by atoms with Gasteiger partial charge in [-0.2, -0.15) is 4.48 Å². The van der Waals surface area contributed by atoms with Crippen LogP contribution in [0, 0.1) is 0 Å². The molecule has 2 heterocycles. The van der Waals surface area contributed by atoms with Crippen LogP contribution in [0.25, 0.3) is 50.8 Å². The van der Waals surface area contributed by atoms with Crippen molar-refractivity contribution in [3.05, 3.63) is 266 Å². The number of fused-ring (bicyclic) bond motifs is 6. The maximum absolute atomic E-state index is 3.71. The zero-order chi connectivity index (χ0) is 43.9. The number of nitrogens with one attached hydrogen (secondary N) is 1. The van der Waals surface area contributed by atoms with Gasteiger partial charge in [-0.05, 0) is 102 Å². The largest absolute Gasteiger partial charge is 0.356 e. The quantitative estimate of drug-likeness (QED) is 0.109. The highest BCUT2D eigenvalue weighted by Crippen LogP contribution is 2.62. The fourth-order valence-corrected chi connectivity index (χ4v) is 10.0. The Kier molecular flexibility index (Phi) is 9.70. The minimum atomic E-state index is 0.543. The molecular formula is C62H45N4+. The lowest BCUT2D eigenvalue weighted by atomic mass is 10.1. The molecule has 66 heavy (non-hydrogen) atoms. The molecule has 1 N–H and O–H groups in total. The lowest BCUT2D eigenvalue weighted by Gasteiger charge is -2.34. The Balaban J connectivity index is 0.805. The molecule has 0 spiro atoms. The van der Waals surface area contributed by atoms with Crippen molar-refractivity contribution in [1.29, 1.82) is 0 Å². The van der Waals surface area contributed by atoms with Crippen molar-refractivity contribution >= 4 is 85.1 Å². The van der Waals surface area contributed by atoms with E-state index in [2.05, 4.69) is 282 Å². The van der Waals surface area contributed by atoms with Gasteiger partial charge in [0.05, 0.1) is 22.2 Å². The number of nitrogens with zero attached hydrogens (tertiary/aromatic N) is 3. The predicted octanol–water partition coefficient (Wildman–Crippen LogP) is 17.5. The van der Waals surface area contributed by atoms with E-state index in [0.29, 0.717) is 4.48 Å². The average Bonchev–Trinajstić information content (AvgIpc) is 3.88. The van der Waals surface area contributed by atoms with Gasteiger partial charge < -0.3 is 14.8 Å². The summed E-state index contributed by atoms with van der Waals surface area (Å²) in [6, 6.07) is 91.6. The van der Waals surface area contributed by atoms with E-state index in [0.717, 1.165) is 45.3 Å². The normalized spacial score (nSPS) is 12.6. The van der Waals surface area contributed by atoms with Crippen LogP contribution in [0.15, 0.2) is 255 Å². The number of hydrogen-bond donors (Lipinski definition) is 1. The van der Waals surface area contributed by atoms with Crippen molar-refractivity contribution in [2.45, 2.75) is 0 Å². The van der Waals surface area contributed by atoms with Gasteiger partial charge in [0.1, 0.15) is 11.4 Å². The SMILES string of the molecule is C(=Cc1ccc(N(c2ccccc2)c2ccc3c(c2)c2ccccc2n3-c2ccccc2)cc1)c1ccc(Nc2ccc3c(c2)-c2ccccc2[N+]3(c2ccccc2)c2ccccc2)cc1. The molecular weight excluding hydrogens is 801 g/mol. The van der Waals surface area contributed by atoms with Gasteiger partial charge in [-0.1, -0.05) is 140 Å². The second kappa shape index (κ2) is 16.5. The summed E-state index contributed by atoms with van der Waals surface area (Å²) in [5.41, 5.74) is 18.6. The Labute approximate surface area is 385 Å². The van der Waals surface area contributed by atoms with Gasteiger partial charge in [0.25, 0.3) is 0 Å². The Hall–Kier alpha value is -8.70. The van der Waals surface area contributed by atoms with Gasteiger partial charge in [-0.25, -0.2) is 0 Å². The summed E-state index contributed by atoms with van der Waals surface area (Å²) in [4.78, 5) is 2.34. The highest BCUT2D eigenvalue weighted by atomic mass is 15.4. The van der Waals surface area contributed by atoms with Crippen LogP contribution >= 0.6 is 0 Å². The number of rotatable bonds is 10. The molecule has 12 rings (SSSR count). The number of benzene rings is 10. The molecule has 312 valence electrons. The van der Waals surface area contributed by atoms with E-state index in [1.165, 1.54) is 55.7 Å². The van der Waals surface area contributed by atoms with Gasteiger partial charge in [0.2, 0.25) is 0 Å². The molecule has 0 atom stereocenters. The summed E-state index contributed by atoms with van der Waals surface area (Å²) in [5, 5.41) is 6.16. The van der Waals surface area contributed by atoms with Crippen LogP contribution in [0.3, 0.4) is 0 Å². The highest BCUT2D eigenvalue weighted by molar-refractivity contribution is 6.11. The summed E-state index contributed by atoms with van der Waals surface area (Å²) < 4.78 is 2.91. The van der Waals surface area contributed by atoms with Crippen molar-refractivity contribution in [3.63, 3.8) is 0 Å². The second-order valence-corrected chi connectivity index (χ2v) is 16.8. The Morgan fingerprint density at radius 2 is 0.879 bits per heavy atom. The molecule has 0 fully saturated rings. The van der Waals surface area contributed by atoms with Crippen LogP contribution in [0.2, 0.25) is 0 Å². The fourth-order valence-electron chi connectivity index (χ4n) is 10.0. The molecule has 0 unspecified atom stereocenters. The third-order valence-corrected chi connectivity index (χ3v) is 13.0. The van der Waals surface area contributed by atoms with Crippen LogP contribution < -0.4 is 14.7 Å². The topological polar surface area (TPSA) is 20.2 Å². The van der Waals surface area contributed by atoms with E-state index >= 15 is 0 Å². The Bertz CT molecular complexity index is 3480. The van der Waals surface area contributed by atoms with Crippen LogP contribution in [-0.4, -0.2) is 4.57 Å². The first kappa shape index (κ1) is 38.9. The molecule has 0 saturated heterocycles. The van der Waals surface area contributed by atoms with E-state index in [1.807, 2.05) is 0 Å². The molecule has 4 nitrogen and oxygen atoms in total. The molecule has 1 aliphatic rings. The minimum Gasteiger partial charge on any atom is -0.356 e. The number of hydrogen-bond acceptors (Lipinski definition) is 2. The summed E-state index contributed by atoms with van der Waals surface area (Å²) in [7, 11) is 0. The number of para-hydroxylation sites is 6. The van der Waals surface area contributed by atoms with Crippen molar-refractivity contribution in [1.82, 2.24) is 9.05 Å². The van der Waals surface area contributed by atoms with Gasteiger partial charge in [-0.15, -0.1) is 0 Å². The molecule has 1 aliphatic heterocycles. The monoisotopic (exact) mass is 845 g/mol. The third kappa shape index (κ3) is 6.67. The highest BCUT2D eigenvalue weighted by Gasteiger charge is 2.47. The molecule has 11 aromatic rings. The third-order valence-electron chi connectivity index (χ3n) is 13.0. The number of quaternary nitrogens is 1. The Morgan fingerprint density at radius 3 is 1.58 bits per heavy atom. The molecule has 0 aliphatic carbocycles. The maximum atomic E-state index is 3.71. The van der Waals surface area contributed by atoms with E-state index in [9.17, 15) is 0 Å². The smallest absolute Gasteiger partial charge is 0.156 e. The van der Waals surface area contributed by atoms with E-state index in [4.69, 9.17) is 0 Å². The van der Waals surface area contributed by atoms with Crippen LogP contribution in [0.4, 0.5) is 51.2 Å². The maximum Gasteiger partial charge on any atom is 0.156 e. The van der Waals surface area contributed by atoms with Gasteiger partial charge in [0.15, 0.2) is 11.4 Å². The first-order valence-corrected chi connectivity index (χ1v) is 22.6. The molecule has 0 bridgehead atoms. The van der Waals surface area contributed by atoms with Gasteiger partial charge in [-0.3, -0.25) is 0 Å². The van der Waals surface area contributed by atoms with E-state index < -0.39 is 0 Å². The molecule has 0 saturated carbocycles. The standard InChI is InChI=1S/C62H45N4/c1-5-17-49(18-6-1)64(52-40-41-60-57(44-52)55-25-13-15-27-59(55)65(60)50-19-7-2-8-20-50)51-38-33-46(34-39-51)30-29-45-31-35-47(36-32-45)63-48-37-42-62-58(43-48)56-26-14-16-28-61(56)66(62,53-21-9-3-10-22-53)54-23-11-4-12-24-54/h1-44,63H/q+1. The summed E-state index contributed by atoms with van der Waals surface area (Å²) in [6.45, 7) is 0. The molecule has 0 amide bonds. The first-order valence-electron chi connectivity index (χ1n) is 22.6. The molecule has 4 heteroatoms. The van der Waals surface area contributed by atoms with Crippen LogP contribution in [0.5, 0.6) is 0 Å². The lowest BCUT2D eigenvalue weighted by Crippen LogP contribution is -2.31. The second-order valence-electron chi connectivity index (χ2n) is 16.8. The molecule has 0 radical (unpaired) electrons. The average molecular weight is 846 g/mol. The van der Waals surface area contributed by atoms with Gasteiger partial charge in [0, 0.05) is 81.3 Å². The minimum absolute atomic E-state index is 0.543. The fraction of sp³-hybridized carbons (Fsp3) is 0. The molecule has 1 aromatic heterocycles. The summed E-state index contributed by atoms with van der Waals surface area (Å²) in [6.07, 6.45) is 4.37. The van der Waals surface area contributed by atoms with E-state index in [1.54, 1.807) is 0 Å². The van der Waals surface area contributed by atoms with Crippen LogP contribution in [-0.2, 0) is 0 Å². The number of anilines is 5. The first-order chi connectivity index (χ1) is 32.7. The van der Waals surface area contributed by atoms with Gasteiger partial charge >= 0.3 is 0 Å². The summed E-state index contributed by atoms with van der Waals surface area (Å²) in [5.74, 6) is 0. The zero-order valence-corrected chi connectivity index (χ0v) is 36.2. The van der Waals surface area contributed by atoms with Crippen LogP contribution in [0.1, 0.15) is 11.1 Å².